The van der Waals surface area contributed by atoms with Crippen LogP contribution in [-0.2, 0) is 0 Å². The highest BCUT2D eigenvalue weighted by molar-refractivity contribution is 5.82. The standard InChI is InChI=1S/C24H25FN4/c1-15-3-10-24-27-23(14-29(24)28-15)16(2)17-4-6-18(7-5-17)20-11-12-26-22-9-8-19(25)13-21(20)22/h3,8-14,16-18H,4-7H2,1-2H3/t16?,17-,18+. The number of hydrogen-bond acceptors (Lipinski definition) is 3. The minimum Gasteiger partial charge on any atom is -0.256 e. The van der Waals surface area contributed by atoms with Crippen molar-refractivity contribution >= 4 is 16.6 Å². The molecule has 1 atom stereocenters. The van der Waals surface area contributed by atoms with E-state index in [1.807, 2.05) is 29.8 Å². The van der Waals surface area contributed by atoms with Crippen LogP contribution in [0, 0.1) is 18.7 Å². The first-order chi connectivity index (χ1) is 14.1. The molecule has 0 N–H and O–H groups in total. The number of hydrogen-bond donors (Lipinski definition) is 0. The molecule has 148 valence electrons. The van der Waals surface area contributed by atoms with Crippen LogP contribution in [0.3, 0.4) is 0 Å². The van der Waals surface area contributed by atoms with Gasteiger partial charge in [-0.3, -0.25) is 4.98 Å². The molecule has 0 bridgehead atoms. The van der Waals surface area contributed by atoms with Gasteiger partial charge >= 0.3 is 0 Å². The molecule has 1 aromatic carbocycles. The summed E-state index contributed by atoms with van der Waals surface area (Å²) in [7, 11) is 0. The van der Waals surface area contributed by atoms with Gasteiger partial charge in [0.25, 0.3) is 0 Å². The number of fused-ring (bicyclic) bond motifs is 2. The number of aryl methyl sites for hydroxylation is 1. The number of aromatic nitrogens is 4. The summed E-state index contributed by atoms with van der Waals surface area (Å²) in [6.07, 6.45) is 8.50. The molecule has 29 heavy (non-hydrogen) atoms. The van der Waals surface area contributed by atoms with Crippen LogP contribution >= 0.6 is 0 Å². The van der Waals surface area contributed by atoms with Gasteiger partial charge < -0.3 is 0 Å². The summed E-state index contributed by atoms with van der Waals surface area (Å²) < 4.78 is 15.7. The molecular formula is C24H25FN4. The molecule has 1 aliphatic carbocycles. The lowest BCUT2D eigenvalue weighted by Gasteiger charge is -2.32. The molecule has 0 radical (unpaired) electrons. The van der Waals surface area contributed by atoms with E-state index in [9.17, 15) is 4.39 Å². The third-order valence-electron chi connectivity index (χ3n) is 6.59. The van der Waals surface area contributed by atoms with Gasteiger partial charge in [-0.1, -0.05) is 6.92 Å². The molecule has 5 heteroatoms. The third kappa shape index (κ3) is 3.39. The predicted octanol–water partition coefficient (Wildman–Crippen LogP) is 5.80. The zero-order valence-corrected chi connectivity index (χ0v) is 16.8. The Morgan fingerprint density at radius 3 is 2.72 bits per heavy atom. The Morgan fingerprint density at radius 1 is 1.07 bits per heavy atom. The molecule has 0 saturated heterocycles. The first-order valence-electron chi connectivity index (χ1n) is 10.5. The molecule has 0 aliphatic heterocycles. The van der Waals surface area contributed by atoms with Crippen molar-refractivity contribution in [3.05, 3.63) is 71.6 Å². The summed E-state index contributed by atoms with van der Waals surface area (Å²) in [6, 6.07) is 11.0. The zero-order valence-electron chi connectivity index (χ0n) is 16.8. The second kappa shape index (κ2) is 7.21. The van der Waals surface area contributed by atoms with Gasteiger partial charge in [-0.05, 0) is 86.4 Å². The molecule has 3 heterocycles. The van der Waals surface area contributed by atoms with Gasteiger partial charge in [-0.2, -0.15) is 5.10 Å². The number of benzene rings is 1. The molecule has 4 aromatic rings. The van der Waals surface area contributed by atoms with E-state index >= 15 is 0 Å². The van der Waals surface area contributed by atoms with E-state index in [0.29, 0.717) is 17.8 Å². The van der Waals surface area contributed by atoms with E-state index in [0.717, 1.165) is 53.6 Å². The van der Waals surface area contributed by atoms with E-state index in [-0.39, 0.29) is 5.82 Å². The topological polar surface area (TPSA) is 43.1 Å². The van der Waals surface area contributed by atoms with E-state index in [4.69, 9.17) is 4.98 Å². The Kier molecular flexibility index (Phi) is 4.53. The monoisotopic (exact) mass is 388 g/mol. The lowest BCUT2D eigenvalue weighted by atomic mass is 9.73. The molecule has 3 aromatic heterocycles. The van der Waals surface area contributed by atoms with Crippen molar-refractivity contribution in [2.75, 3.05) is 0 Å². The molecule has 4 nitrogen and oxygen atoms in total. The van der Waals surface area contributed by atoms with Gasteiger partial charge in [0, 0.05) is 17.5 Å². The first kappa shape index (κ1) is 18.2. The van der Waals surface area contributed by atoms with Crippen LogP contribution in [0.1, 0.15) is 61.4 Å². The van der Waals surface area contributed by atoms with Crippen molar-refractivity contribution < 1.29 is 4.39 Å². The Balaban J connectivity index is 1.34. The quantitative estimate of drug-likeness (QED) is 0.445. The average molecular weight is 388 g/mol. The van der Waals surface area contributed by atoms with Crippen LogP contribution in [0.15, 0.2) is 48.8 Å². The van der Waals surface area contributed by atoms with Crippen LogP contribution in [0.5, 0.6) is 0 Å². The fourth-order valence-corrected chi connectivity index (χ4v) is 4.88. The number of nitrogens with zero attached hydrogens (tertiary/aromatic N) is 4. The van der Waals surface area contributed by atoms with Gasteiger partial charge in [0.2, 0.25) is 0 Å². The van der Waals surface area contributed by atoms with Crippen LogP contribution < -0.4 is 0 Å². The number of rotatable bonds is 3. The molecule has 1 saturated carbocycles. The third-order valence-corrected chi connectivity index (χ3v) is 6.59. The molecular weight excluding hydrogens is 363 g/mol. The highest BCUT2D eigenvalue weighted by Crippen LogP contribution is 2.43. The van der Waals surface area contributed by atoms with E-state index < -0.39 is 0 Å². The second-order valence-electron chi connectivity index (χ2n) is 8.41. The molecule has 0 spiro atoms. The summed E-state index contributed by atoms with van der Waals surface area (Å²) in [5.74, 6) is 1.30. The fraction of sp³-hybridized carbons (Fsp3) is 0.375. The van der Waals surface area contributed by atoms with Gasteiger partial charge in [-0.15, -0.1) is 0 Å². The van der Waals surface area contributed by atoms with Crippen molar-refractivity contribution in [2.45, 2.75) is 51.4 Å². The van der Waals surface area contributed by atoms with Crippen molar-refractivity contribution in [1.82, 2.24) is 19.6 Å². The molecule has 5 rings (SSSR count). The molecule has 1 aliphatic rings. The first-order valence-corrected chi connectivity index (χ1v) is 10.5. The highest BCUT2D eigenvalue weighted by Gasteiger charge is 2.29. The summed E-state index contributed by atoms with van der Waals surface area (Å²) in [6.45, 7) is 4.29. The highest BCUT2D eigenvalue weighted by atomic mass is 19.1. The SMILES string of the molecule is Cc1ccc2nc(C(C)[C@H]3CC[C@@H](c4ccnc5ccc(F)cc54)CC3)cn2n1. The number of halogens is 1. The Morgan fingerprint density at radius 2 is 1.90 bits per heavy atom. The largest absolute Gasteiger partial charge is 0.256 e. The minimum atomic E-state index is -0.190. The van der Waals surface area contributed by atoms with Crippen molar-refractivity contribution in [2.24, 2.45) is 5.92 Å². The maximum Gasteiger partial charge on any atom is 0.153 e. The van der Waals surface area contributed by atoms with Crippen molar-refractivity contribution in [1.29, 1.82) is 0 Å². The summed E-state index contributed by atoms with van der Waals surface area (Å²) in [4.78, 5) is 9.21. The summed E-state index contributed by atoms with van der Waals surface area (Å²) in [5.41, 5.74) is 5.16. The fourth-order valence-electron chi connectivity index (χ4n) is 4.88. The van der Waals surface area contributed by atoms with Crippen LogP contribution in [0.2, 0.25) is 0 Å². The van der Waals surface area contributed by atoms with Crippen LogP contribution in [0.25, 0.3) is 16.6 Å². The van der Waals surface area contributed by atoms with Gasteiger partial charge in [0.15, 0.2) is 5.65 Å². The van der Waals surface area contributed by atoms with Crippen molar-refractivity contribution in [3.63, 3.8) is 0 Å². The summed E-state index contributed by atoms with van der Waals surface area (Å²) >= 11 is 0. The average Bonchev–Trinajstić information content (AvgIpc) is 3.16. The Labute approximate surface area is 169 Å². The van der Waals surface area contributed by atoms with E-state index in [2.05, 4.69) is 29.3 Å². The van der Waals surface area contributed by atoms with Gasteiger partial charge in [-0.25, -0.2) is 13.9 Å². The van der Waals surface area contributed by atoms with Gasteiger partial charge in [0.05, 0.1) is 23.1 Å². The smallest absolute Gasteiger partial charge is 0.153 e. The Hall–Kier alpha value is -2.82. The lowest BCUT2D eigenvalue weighted by molar-refractivity contribution is 0.289. The van der Waals surface area contributed by atoms with Gasteiger partial charge in [0.1, 0.15) is 5.82 Å². The molecule has 1 unspecified atom stereocenters. The maximum atomic E-state index is 13.8. The normalized spacial score (nSPS) is 20.9. The zero-order chi connectivity index (χ0) is 20.0. The molecule has 1 fully saturated rings. The lowest BCUT2D eigenvalue weighted by Crippen LogP contribution is -2.18. The predicted molar refractivity (Wildman–Crippen MR) is 113 cm³/mol. The number of imidazole rings is 1. The minimum absolute atomic E-state index is 0.190. The van der Waals surface area contributed by atoms with Crippen molar-refractivity contribution in [3.8, 4) is 0 Å². The Bertz CT molecular complexity index is 1170. The van der Waals surface area contributed by atoms with E-state index in [1.54, 1.807) is 12.1 Å². The molecule has 0 amide bonds. The van der Waals surface area contributed by atoms with Crippen LogP contribution in [0.4, 0.5) is 4.39 Å². The number of pyridine rings is 1. The second-order valence-corrected chi connectivity index (χ2v) is 8.41. The summed E-state index contributed by atoms with van der Waals surface area (Å²) in [5, 5.41) is 5.49. The van der Waals surface area contributed by atoms with Crippen LogP contribution in [-0.4, -0.2) is 19.6 Å². The van der Waals surface area contributed by atoms with E-state index in [1.165, 1.54) is 11.6 Å². The maximum absolute atomic E-state index is 13.8.